The molecule has 7 rings (SSSR count). The third-order valence-electron chi connectivity index (χ3n) is 7.52. The Labute approximate surface area is 224 Å². The fraction of sp³-hybridized carbons (Fsp3) is 0.233. The number of H-pyrrole nitrogens is 2. The van der Waals surface area contributed by atoms with Gasteiger partial charge in [-0.15, -0.1) is 0 Å². The minimum absolute atomic E-state index is 0.290. The van der Waals surface area contributed by atoms with Gasteiger partial charge in [0.25, 0.3) is 0 Å². The van der Waals surface area contributed by atoms with Gasteiger partial charge in [-0.2, -0.15) is 5.10 Å². The summed E-state index contributed by atoms with van der Waals surface area (Å²) in [5, 5.41) is 12.1. The fourth-order valence-corrected chi connectivity index (χ4v) is 5.48. The van der Waals surface area contributed by atoms with E-state index in [1.165, 1.54) is 37.8 Å². The van der Waals surface area contributed by atoms with Crippen LogP contribution in [0.3, 0.4) is 0 Å². The SMILES string of the molecule is Fc1ccc(-c2nccc3[nH]c(-c4n[nH]c5cnc(-c6cncc(CNCC7CCCC7)c6)cc45)nc23)cc1. The maximum atomic E-state index is 13.5. The van der Waals surface area contributed by atoms with Crippen LogP contribution in [-0.4, -0.2) is 41.7 Å². The first-order valence-corrected chi connectivity index (χ1v) is 13.3. The van der Waals surface area contributed by atoms with E-state index in [-0.39, 0.29) is 5.82 Å². The van der Waals surface area contributed by atoms with E-state index in [1.807, 2.05) is 24.5 Å². The molecule has 0 atom stereocenters. The minimum atomic E-state index is -0.290. The fourth-order valence-electron chi connectivity index (χ4n) is 5.48. The molecule has 194 valence electrons. The lowest BCUT2D eigenvalue weighted by Crippen LogP contribution is -2.20. The first-order chi connectivity index (χ1) is 19.2. The van der Waals surface area contributed by atoms with Crippen LogP contribution in [0, 0.1) is 11.7 Å². The lowest BCUT2D eigenvalue weighted by Gasteiger charge is -2.11. The van der Waals surface area contributed by atoms with Crippen molar-refractivity contribution in [3.8, 4) is 34.0 Å². The van der Waals surface area contributed by atoms with Crippen molar-refractivity contribution >= 4 is 21.9 Å². The molecular weight excluding hydrogens is 491 g/mol. The highest BCUT2D eigenvalue weighted by Crippen LogP contribution is 2.32. The van der Waals surface area contributed by atoms with Crippen LogP contribution in [0.1, 0.15) is 31.2 Å². The number of aromatic amines is 2. The van der Waals surface area contributed by atoms with Gasteiger partial charge in [0.05, 0.1) is 28.6 Å². The second-order valence-corrected chi connectivity index (χ2v) is 10.2. The van der Waals surface area contributed by atoms with Gasteiger partial charge in [-0.1, -0.05) is 12.8 Å². The van der Waals surface area contributed by atoms with Crippen LogP contribution < -0.4 is 5.32 Å². The Morgan fingerprint density at radius 3 is 2.64 bits per heavy atom. The molecule has 8 nitrogen and oxygen atoms in total. The Morgan fingerprint density at radius 2 is 1.77 bits per heavy atom. The summed E-state index contributed by atoms with van der Waals surface area (Å²) in [4.78, 5) is 21.9. The number of imidazole rings is 1. The normalized spacial score (nSPS) is 14.1. The molecule has 0 aliphatic heterocycles. The molecule has 0 amide bonds. The van der Waals surface area contributed by atoms with Gasteiger partial charge in [-0.3, -0.25) is 20.1 Å². The number of halogens is 1. The zero-order valence-electron chi connectivity index (χ0n) is 21.3. The van der Waals surface area contributed by atoms with E-state index in [2.05, 4.69) is 41.5 Å². The second kappa shape index (κ2) is 9.99. The molecule has 0 spiro atoms. The Hall–Kier alpha value is -4.50. The zero-order chi connectivity index (χ0) is 26.2. The molecule has 1 aromatic carbocycles. The van der Waals surface area contributed by atoms with Crippen LogP contribution in [0.25, 0.3) is 56.0 Å². The lowest BCUT2D eigenvalue weighted by atomic mass is 10.1. The molecule has 5 heterocycles. The number of pyridine rings is 3. The first kappa shape index (κ1) is 23.6. The number of nitrogens with one attached hydrogen (secondary N) is 3. The van der Waals surface area contributed by atoms with Gasteiger partial charge >= 0.3 is 0 Å². The largest absolute Gasteiger partial charge is 0.336 e. The van der Waals surface area contributed by atoms with Crippen molar-refractivity contribution in [2.75, 3.05) is 6.54 Å². The molecule has 1 fully saturated rings. The monoisotopic (exact) mass is 518 g/mol. The van der Waals surface area contributed by atoms with Crippen LogP contribution in [0.2, 0.25) is 0 Å². The summed E-state index contributed by atoms with van der Waals surface area (Å²) < 4.78 is 13.5. The number of fused-ring (bicyclic) bond motifs is 2. The number of hydrogen-bond acceptors (Lipinski definition) is 6. The van der Waals surface area contributed by atoms with E-state index in [1.54, 1.807) is 24.5 Å². The summed E-state index contributed by atoms with van der Waals surface area (Å²) >= 11 is 0. The molecule has 9 heteroatoms. The number of benzene rings is 1. The maximum Gasteiger partial charge on any atom is 0.159 e. The van der Waals surface area contributed by atoms with Crippen LogP contribution in [0.4, 0.5) is 4.39 Å². The van der Waals surface area contributed by atoms with Crippen LogP contribution in [0.15, 0.2) is 67.3 Å². The molecule has 6 aromatic rings. The highest BCUT2D eigenvalue weighted by Gasteiger charge is 2.17. The molecule has 0 unspecified atom stereocenters. The van der Waals surface area contributed by atoms with Gasteiger partial charge in [0.1, 0.15) is 17.0 Å². The van der Waals surface area contributed by atoms with Gasteiger partial charge in [0.2, 0.25) is 0 Å². The van der Waals surface area contributed by atoms with E-state index < -0.39 is 0 Å². The molecular formula is C30H27FN8. The molecule has 1 aliphatic carbocycles. The Morgan fingerprint density at radius 1 is 0.897 bits per heavy atom. The summed E-state index contributed by atoms with van der Waals surface area (Å²) in [5.74, 6) is 1.13. The molecule has 39 heavy (non-hydrogen) atoms. The molecule has 0 radical (unpaired) electrons. The van der Waals surface area contributed by atoms with Gasteiger partial charge in [-0.05, 0) is 73.3 Å². The maximum absolute atomic E-state index is 13.5. The third kappa shape index (κ3) is 4.66. The van der Waals surface area contributed by atoms with E-state index in [0.29, 0.717) is 22.7 Å². The molecule has 1 saturated carbocycles. The predicted molar refractivity (Wildman–Crippen MR) is 149 cm³/mol. The van der Waals surface area contributed by atoms with E-state index in [0.717, 1.165) is 57.8 Å². The minimum Gasteiger partial charge on any atom is -0.336 e. The zero-order valence-corrected chi connectivity index (χ0v) is 21.3. The van der Waals surface area contributed by atoms with E-state index >= 15 is 0 Å². The van der Waals surface area contributed by atoms with Crippen molar-refractivity contribution in [2.24, 2.45) is 5.92 Å². The summed E-state index contributed by atoms with van der Waals surface area (Å²) in [6, 6.07) is 12.3. The number of rotatable bonds is 7. The van der Waals surface area contributed by atoms with Crippen molar-refractivity contribution in [2.45, 2.75) is 32.2 Å². The van der Waals surface area contributed by atoms with Gasteiger partial charge in [0, 0.05) is 41.6 Å². The number of hydrogen-bond donors (Lipinski definition) is 3. The standard InChI is InChI=1S/C30H27FN8/c31-22-7-5-20(6-8-22)27-29-24(9-10-34-27)36-30(37-29)28-23-12-25(35-17-26(23)38-39-28)21-11-19(15-33-16-21)14-32-13-18-3-1-2-4-18/h5-12,15-18,32H,1-4,13-14H2,(H,36,37)(H,38,39). The smallest absolute Gasteiger partial charge is 0.159 e. The summed E-state index contributed by atoms with van der Waals surface area (Å²) in [7, 11) is 0. The van der Waals surface area contributed by atoms with E-state index in [9.17, 15) is 4.39 Å². The molecule has 0 saturated heterocycles. The van der Waals surface area contributed by atoms with Crippen LogP contribution in [0.5, 0.6) is 0 Å². The number of nitrogens with zero attached hydrogens (tertiary/aromatic N) is 5. The molecule has 5 aromatic heterocycles. The number of aromatic nitrogens is 7. The molecule has 1 aliphatic rings. The average Bonchev–Trinajstić information content (AvgIpc) is 3.73. The Kier molecular flexibility index (Phi) is 6.05. The third-order valence-corrected chi connectivity index (χ3v) is 7.52. The summed E-state index contributed by atoms with van der Waals surface area (Å²) in [6.45, 7) is 1.85. The van der Waals surface area contributed by atoms with E-state index in [4.69, 9.17) is 4.98 Å². The van der Waals surface area contributed by atoms with Crippen molar-refractivity contribution in [1.82, 2.24) is 40.4 Å². The summed E-state index contributed by atoms with van der Waals surface area (Å²) in [6.07, 6.45) is 12.6. The van der Waals surface area contributed by atoms with Gasteiger partial charge < -0.3 is 10.3 Å². The molecule has 0 bridgehead atoms. The quantitative estimate of drug-likeness (QED) is 0.238. The highest BCUT2D eigenvalue weighted by atomic mass is 19.1. The Bertz CT molecular complexity index is 1770. The summed E-state index contributed by atoms with van der Waals surface area (Å²) in [5.41, 5.74) is 7.42. The average molecular weight is 519 g/mol. The van der Waals surface area contributed by atoms with Gasteiger partial charge in [-0.25, -0.2) is 9.37 Å². The second-order valence-electron chi connectivity index (χ2n) is 10.2. The van der Waals surface area contributed by atoms with Crippen molar-refractivity contribution in [3.63, 3.8) is 0 Å². The Balaban J connectivity index is 1.20. The highest BCUT2D eigenvalue weighted by molar-refractivity contribution is 5.96. The van der Waals surface area contributed by atoms with Crippen molar-refractivity contribution in [1.29, 1.82) is 0 Å². The van der Waals surface area contributed by atoms with Crippen LogP contribution in [-0.2, 0) is 6.54 Å². The first-order valence-electron chi connectivity index (χ1n) is 13.3. The molecule has 3 N–H and O–H groups in total. The predicted octanol–water partition coefficient (Wildman–Crippen LogP) is 6.04. The lowest BCUT2D eigenvalue weighted by molar-refractivity contribution is 0.489. The van der Waals surface area contributed by atoms with Gasteiger partial charge in [0.15, 0.2) is 5.82 Å². The topological polar surface area (TPSA) is 108 Å². The van der Waals surface area contributed by atoms with Crippen LogP contribution >= 0.6 is 0 Å². The van der Waals surface area contributed by atoms with Crippen molar-refractivity contribution < 1.29 is 4.39 Å². The van der Waals surface area contributed by atoms with Crippen molar-refractivity contribution in [3.05, 3.63) is 78.6 Å².